The Labute approximate surface area is 165 Å². The lowest BCUT2D eigenvalue weighted by Crippen LogP contribution is -2.47. The zero-order chi connectivity index (χ0) is 18.1. The number of halogens is 1. The number of thioether (sulfide) groups is 1. The summed E-state index contributed by atoms with van der Waals surface area (Å²) >= 11 is 5.00. The fourth-order valence-electron chi connectivity index (χ4n) is 3.34. The Morgan fingerprint density at radius 2 is 1.85 bits per heavy atom. The van der Waals surface area contributed by atoms with E-state index in [0.717, 1.165) is 26.6 Å². The van der Waals surface area contributed by atoms with E-state index >= 15 is 0 Å². The molecule has 1 atom stereocenters. The molecule has 0 spiro atoms. The Bertz CT molecular complexity index is 905. The molecule has 1 fully saturated rings. The molecule has 4 nitrogen and oxygen atoms in total. The van der Waals surface area contributed by atoms with Gasteiger partial charge in [0.2, 0.25) is 5.91 Å². The Kier molecular flexibility index (Phi) is 4.75. The lowest BCUT2D eigenvalue weighted by Gasteiger charge is -2.42. The van der Waals surface area contributed by atoms with E-state index in [4.69, 9.17) is 0 Å². The quantitative estimate of drug-likeness (QED) is 0.701. The number of para-hydroxylation sites is 1. The number of allylic oxidation sites excluding steroid dienone is 1. The number of hydrogen-bond acceptors (Lipinski definition) is 4. The van der Waals surface area contributed by atoms with Crippen LogP contribution >= 0.6 is 27.7 Å². The molecule has 4 rings (SSSR count). The summed E-state index contributed by atoms with van der Waals surface area (Å²) in [5.74, 6) is 0.629. The molecule has 1 saturated heterocycles. The number of carbonyl (C=O) groups is 1. The molecule has 130 valence electrons. The van der Waals surface area contributed by atoms with Gasteiger partial charge in [0.25, 0.3) is 0 Å². The number of fused-ring (bicyclic) bond motifs is 1. The fourth-order valence-corrected chi connectivity index (χ4v) is 4.78. The minimum absolute atomic E-state index is 0.0695. The third-order valence-corrected chi connectivity index (χ3v) is 6.37. The van der Waals surface area contributed by atoms with E-state index < -0.39 is 0 Å². The van der Waals surface area contributed by atoms with Crippen LogP contribution in [0.4, 0.5) is 5.69 Å². The van der Waals surface area contributed by atoms with Crippen molar-refractivity contribution in [2.24, 2.45) is 0 Å². The predicted molar refractivity (Wildman–Crippen MR) is 107 cm³/mol. The van der Waals surface area contributed by atoms with Gasteiger partial charge in [-0.3, -0.25) is 9.69 Å². The summed E-state index contributed by atoms with van der Waals surface area (Å²) in [6, 6.07) is 20.3. The second kappa shape index (κ2) is 7.18. The van der Waals surface area contributed by atoms with Gasteiger partial charge in [0.1, 0.15) is 0 Å². The van der Waals surface area contributed by atoms with Gasteiger partial charge in [-0.25, -0.2) is 0 Å². The number of anilines is 1. The molecule has 0 unspecified atom stereocenters. The second-order valence-corrected chi connectivity index (χ2v) is 8.10. The summed E-state index contributed by atoms with van der Waals surface area (Å²) in [7, 11) is 0. The van der Waals surface area contributed by atoms with Crippen LogP contribution in [0.15, 0.2) is 69.7 Å². The van der Waals surface area contributed by atoms with Crippen molar-refractivity contribution in [3.8, 4) is 6.07 Å². The molecule has 0 aromatic heterocycles. The zero-order valence-corrected chi connectivity index (χ0v) is 16.3. The Balaban J connectivity index is 1.67. The van der Waals surface area contributed by atoms with E-state index in [9.17, 15) is 10.1 Å². The maximum absolute atomic E-state index is 12.9. The molecule has 1 amide bonds. The van der Waals surface area contributed by atoms with Crippen LogP contribution in [0.5, 0.6) is 0 Å². The van der Waals surface area contributed by atoms with Crippen LogP contribution in [0.3, 0.4) is 0 Å². The van der Waals surface area contributed by atoms with Crippen LogP contribution in [0.1, 0.15) is 17.9 Å². The first-order chi connectivity index (χ1) is 12.7. The largest absolute Gasteiger partial charge is 0.344 e. The van der Waals surface area contributed by atoms with Crippen LogP contribution < -0.4 is 4.90 Å². The summed E-state index contributed by atoms with van der Waals surface area (Å²) in [4.78, 5) is 16.8. The summed E-state index contributed by atoms with van der Waals surface area (Å²) in [5, 5.41) is 10.6. The van der Waals surface area contributed by atoms with Crippen molar-refractivity contribution >= 4 is 39.3 Å². The van der Waals surface area contributed by atoms with Crippen LogP contribution in [0, 0.1) is 11.3 Å². The molecule has 0 saturated carbocycles. The van der Waals surface area contributed by atoms with E-state index in [-0.39, 0.29) is 11.8 Å². The van der Waals surface area contributed by atoms with Gasteiger partial charge in [0, 0.05) is 22.5 Å². The lowest BCUT2D eigenvalue weighted by atomic mass is 9.86. The summed E-state index contributed by atoms with van der Waals surface area (Å²) in [6.07, 6.45) is 0.331. The first-order valence-electron chi connectivity index (χ1n) is 8.30. The summed E-state index contributed by atoms with van der Waals surface area (Å²) in [5.41, 5.74) is 2.79. The number of amides is 1. The molecule has 26 heavy (non-hydrogen) atoms. The molecule has 0 radical (unpaired) electrons. The molecule has 2 aromatic rings. The van der Waals surface area contributed by atoms with Crippen molar-refractivity contribution < 1.29 is 4.79 Å². The molecule has 2 heterocycles. The van der Waals surface area contributed by atoms with E-state index in [2.05, 4.69) is 26.9 Å². The van der Waals surface area contributed by atoms with Gasteiger partial charge in [-0.15, -0.1) is 0 Å². The Morgan fingerprint density at radius 1 is 1.12 bits per heavy atom. The Morgan fingerprint density at radius 3 is 2.54 bits per heavy atom. The number of nitrogens with zero attached hydrogens (tertiary/aromatic N) is 3. The minimum Gasteiger partial charge on any atom is -0.344 e. The standard InChI is InChI=1S/C20H16BrN3OS/c21-15-8-6-14(7-9-15)17-10-19(25)24-12-23(16-4-2-1-3-5-16)13-26-20(24)18(17)11-22/h1-9,17H,10,12-13H2/t17-/m1/s1. The smallest absolute Gasteiger partial charge is 0.229 e. The molecular formula is C20H16BrN3OS. The predicted octanol–water partition coefficient (Wildman–Crippen LogP) is 4.67. The van der Waals surface area contributed by atoms with Crippen molar-refractivity contribution in [3.63, 3.8) is 0 Å². The Hall–Kier alpha value is -2.23. The SMILES string of the molecule is N#CC1=C2SCN(c3ccccc3)CN2C(=O)C[C@@H]1c1ccc(Br)cc1. The van der Waals surface area contributed by atoms with Crippen molar-refractivity contribution in [2.45, 2.75) is 12.3 Å². The minimum atomic E-state index is -0.164. The molecular weight excluding hydrogens is 410 g/mol. The second-order valence-electron chi connectivity index (χ2n) is 6.25. The number of nitriles is 1. The van der Waals surface area contributed by atoms with Crippen molar-refractivity contribution in [1.82, 2.24) is 4.90 Å². The molecule has 0 aliphatic carbocycles. The van der Waals surface area contributed by atoms with Gasteiger partial charge in [0.15, 0.2) is 0 Å². The first-order valence-corrected chi connectivity index (χ1v) is 10.1. The molecule has 2 aliphatic heterocycles. The van der Waals surface area contributed by atoms with Crippen LogP contribution in [-0.2, 0) is 4.79 Å². The first kappa shape index (κ1) is 17.2. The van der Waals surface area contributed by atoms with Crippen LogP contribution in [-0.4, -0.2) is 23.4 Å². The zero-order valence-electron chi connectivity index (χ0n) is 13.9. The molecule has 0 bridgehead atoms. The van der Waals surface area contributed by atoms with Crippen LogP contribution in [0.25, 0.3) is 0 Å². The van der Waals surface area contributed by atoms with Gasteiger partial charge < -0.3 is 4.90 Å². The highest BCUT2D eigenvalue weighted by atomic mass is 79.9. The third kappa shape index (κ3) is 3.13. The highest BCUT2D eigenvalue weighted by molar-refractivity contribution is 9.10. The highest BCUT2D eigenvalue weighted by Gasteiger charge is 2.38. The van der Waals surface area contributed by atoms with Gasteiger partial charge >= 0.3 is 0 Å². The maximum atomic E-state index is 12.9. The van der Waals surface area contributed by atoms with Gasteiger partial charge in [0.05, 0.1) is 29.2 Å². The summed E-state index contributed by atoms with van der Waals surface area (Å²) in [6.45, 7) is 0.490. The fraction of sp³-hybridized carbons (Fsp3) is 0.200. The van der Waals surface area contributed by atoms with Crippen molar-refractivity contribution in [3.05, 3.63) is 75.2 Å². The van der Waals surface area contributed by atoms with E-state index in [1.807, 2.05) is 54.6 Å². The third-order valence-electron chi connectivity index (χ3n) is 4.69. The highest BCUT2D eigenvalue weighted by Crippen LogP contribution is 2.43. The average Bonchev–Trinajstić information content (AvgIpc) is 2.69. The normalized spacial score (nSPS) is 20.0. The maximum Gasteiger partial charge on any atom is 0.229 e. The number of rotatable bonds is 2. The summed E-state index contributed by atoms with van der Waals surface area (Å²) < 4.78 is 0.988. The van der Waals surface area contributed by atoms with Gasteiger partial charge in [-0.1, -0.05) is 58.0 Å². The lowest BCUT2D eigenvalue weighted by molar-refractivity contribution is -0.129. The monoisotopic (exact) mass is 425 g/mol. The van der Waals surface area contributed by atoms with Crippen molar-refractivity contribution in [2.75, 3.05) is 17.4 Å². The number of hydrogen-bond donors (Lipinski definition) is 0. The van der Waals surface area contributed by atoms with Gasteiger partial charge in [-0.05, 0) is 29.8 Å². The van der Waals surface area contributed by atoms with Gasteiger partial charge in [-0.2, -0.15) is 5.26 Å². The molecule has 0 N–H and O–H groups in total. The van der Waals surface area contributed by atoms with Crippen LogP contribution in [0.2, 0.25) is 0 Å². The van der Waals surface area contributed by atoms with E-state index in [1.165, 1.54) is 0 Å². The average molecular weight is 426 g/mol. The number of carbonyl (C=O) groups excluding carboxylic acids is 1. The topological polar surface area (TPSA) is 47.3 Å². The van der Waals surface area contributed by atoms with E-state index in [1.54, 1.807) is 16.7 Å². The number of benzene rings is 2. The molecule has 2 aromatic carbocycles. The van der Waals surface area contributed by atoms with E-state index in [0.29, 0.717) is 18.7 Å². The molecule has 6 heteroatoms. The van der Waals surface area contributed by atoms with Crippen molar-refractivity contribution in [1.29, 1.82) is 5.26 Å². The molecule has 2 aliphatic rings.